The first-order chi connectivity index (χ1) is 8.20. The highest BCUT2D eigenvalue weighted by molar-refractivity contribution is 5.97. The van der Waals surface area contributed by atoms with Gasteiger partial charge in [0.1, 0.15) is 12.0 Å². The first-order valence-electron chi connectivity index (χ1n) is 6.22. The van der Waals surface area contributed by atoms with Gasteiger partial charge in [0.15, 0.2) is 5.78 Å². The zero-order valence-corrected chi connectivity index (χ0v) is 11.5. The Bertz CT molecular complexity index is 356. The van der Waals surface area contributed by atoms with Gasteiger partial charge >= 0.3 is 5.97 Å². The van der Waals surface area contributed by atoms with E-state index in [4.69, 9.17) is 4.74 Å². The molecule has 1 atom stereocenters. The molecule has 0 N–H and O–H groups in total. The van der Waals surface area contributed by atoms with Gasteiger partial charge < -0.3 is 9.64 Å². The Kier molecular flexibility index (Phi) is 4.48. The van der Waals surface area contributed by atoms with Crippen LogP contribution >= 0.6 is 0 Å². The summed E-state index contributed by atoms with van der Waals surface area (Å²) >= 11 is 0. The standard InChI is InChI=1S/C13H21NO4/c1-9(15)10-6-5-7-14(10)11(16)8-12(17)18-13(2,3)4/h10H,5-8H2,1-4H3/t10-/m0/s1. The van der Waals surface area contributed by atoms with Crippen molar-refractivity contribution in [2.75, 3.05) is 6.54 Å². The zero-order chi connectivity index (χ0) is 13.9. The maximum Gasteiger partial charge on any atom is 0.315 e. The Hall–Kier alpha value is -1.39. The smallest absolute Gasteiger partial charge is 0.315 e. The van der Waals surface area contributed by atoms with E-state index in [2.05, 4.69) is 0 Å². The van der Waals surface area contributed by atoms with Crippen LogP contribution in [0, 0.1) is 0 Å². The monoisotopic (exact) mass is 255 g/mol. The molecular weight excluding hydrogens is 234 g/mol. The van der Waals surface area contributed by atoms with Crippen LogP contribution in [-0.4, -0.2) is 40.7 Å². The fourth-order valence-electron chi connectivity index (χ4n) is 2.09. The number of hydrogen-bond donors (Lipinski definition) is 0. The average Bonchev–Trinajstić information content (AvgIpc) is 2.61. The summed E-state index contributed by atoms with van der Waals surface area (Å²) in [4.78, 5) is 36.3. The van der Waals surface area contributed by atoms with Crippen molar-refractivity contribution in [2.24, 2.45) is 0 Å². The molecule has 1 saturated heterocycles. The third-order valence-electron chi connectivity index (χ3n) is 2.76. The van der Waals surface area contributed by atoms with Crippen LogP contribution in [0.25, 0.3) is 0 Å². The summed E-state index contributed by atoms with van der Waals surface area (Å²) in [6.07, 6.45) is 1.21. The third-order valence-corrected chi connectivity index (χ3v) is 2.76. The lowest BCUT2D eigenvalue weighted by molar-refractivity contribution is -0.158. The lowest BCUT2D eigenvalue weighted by Crippen LogP contribution is -2.41. The van der Waals surface area contributed by atoms with Crippen LogP contribution < -0.4 is 0 Å². The molecule has 1 heterocycles. The SMILES string of the molecule is CC(=O)[C@@H]1CCCN1C(=O)CC(=O)OC(C)(C)C. The molecule has 0 aliphatic carbocycles. The fraction of sp³-hybridized carbons (Fsp3) is 0.769. The van der Waals surface area contributed by atoms with E-state index >= 15 is 0 Å². The summed E-state index contributed by atoms with van der Waals surface area (Å²) in [5.41, 5.74) is -0.595. The molecule has 0 aromatic rings. The predicted octanol–water partition coefficient (Wildman–Crippen LogP) is 1.30. The van der Waals surface area contributed by atoms with Gasteiger partial charge in [-0.1, -0.05) is 0 Å². The van der Waals surface area contributed by atoms with Gasteiger partial charge in [0, 0.05) is 6.54 Å². The van der Waals surface area contributed by atoms with Crippen molar-refractivity contribution >= 4 is 17.7 Å². The second-order valence-electron chi connectivity index (χ2n) is 5.62. The summed E-state index contributed by atoms with van der Waals surface area (Å²) < 4.78 is 5.09. The Labute approximate surface area is 107 Å². The van der Waals surface area contributed by atoms with Crippen LogP contribution in [0.15, 0.2) is 0 Å². The second kappa shape index (κ2) is 5.50. The lowest BCUT2D eigenvalue weighted by atomic mass is 10.1. The number of ether oxygens (including phenoxy) is 1. The summed E-state index contributed by atoms with van der Waals surface area (Å²) in [5, 5.41) is 0. The molecule has 102 valence electrons. The maximum atomic E-state index is 11.9. The Morgan fingerprint density at radius 2 is 1.89 bits per heavy atom. The largest absolute Gasteiger partial charge is 0.460 e. The van der Waals surface area contributed by atoms with E-state index in [1.807, 2.05) is 0 Å². The first kappa shape index (κ1) is 14.7. The van der Waals surface area contributed by atoms with Crippen molar-refractivity contribution in [2.45, 2.75) is 58.6 Å². The molecule has 0 radical (unpaired) electrons. The average molecular weight is 255 g/mol. The second-order valence-corrected chi connectivity index (χ2v) is 5.62. The van der Waals surface area contributed by atoms with Crippen molar-refractivity contribution in [3.05, 3.63) is 0 Å². The number of carbonyl (C=O) groups excluding carboxylic acids is 3. The molecule has 5 nitrogen and oxygen atoms in total. The molecule has 1 rings (SSSR count). The number of nitrogens with zero attached hydrogens (tertiary/aromatic N) is 1. The topological polar surface area (TPSA) is 63.7 Å². The highest BCUT2D eigenvalue weighted by atomic mass is 16.6. The number of rotatable bonds is 3. The molecule has 1 fully saturated rings. The number of likely N-dealkylation sites (tertiary alicyclic amines) is 1. The first-order valence-corrected chi connectivity index (χ1v) is 6.22. The van der Waals surface area contributed by atoms with Crippen molar-refractivity contribution in [3.8, 4) is 0 Å². The minimum absolute atomic E-state index is 0.0231. The fourth-order valence-corrected chi connectivity index (χ4v) is 2.09. The number of esters is 1. The molecule has 0 unspecified atom stereocenters. The van der Waals surface area contributed by atoms with Gasteiger partial charge in [0.25, 0.3) is 0 Å². The summed E-state index contributed by atoms with van der Waals surface area (Å²) in [6.45, 7) is 7.28. The number of amides is 1. The minimum Gasteiger partial charge on any atom is -0.460 e. The van der Waals surface area contributed by atoms with Crippen LogP contribution in [0.1, 0.15) is 47.0 Å². The van der Waals surface area contributed by atoms with Gasteiger partial charge in [-0.2, -0.15) is 0 Å². The number of hydrogen-bond acceptors (Lipinski definition) is 4. The molecule has 0 aromatic carbocycles. The quantitative estimate of drug-likeness (QED) is 0.563. The van der Waals surface area contributed by atoms with Crippen LogP contribution in [0.5, 0.6) is 0 Å². The molecule has 18 heavy (non-hydrogen) atoms. The Balaban J connectivity index is 2.55. The molecule has 1 aliphatic heterocycles. The highest BCUT2D eigenvalue weighted by Crippen LogP contribution is 2.19. The van der Waals surface area contributed by atoms with Crippen molar-refractivity contribution < 1.29 is 19.1 Å². The third kappa shape index (κ3) is 4.13. The van der Waals surface area contributed by atoms with E-state index in [-0.39, 0.29) is 24.2 Å². The van der Waals surface area contributed by atoms with E-state index in [9.17, 15) is 14.4 Å². The molecule has 5 heteroatoms. The zero-order valence-electron chi connectivity index (χ0n) is 11.5. The van der Waals surface area contributed by atoms with Gasteiger partial charge in [-0.05, 0) is 40.5 Å². The molecule has 0 bridgehead atoms. The van der Waals surface area contributed by atoms with Gasteiger partial charge in [0.2, 0.25) is 5.91 Å². The van der Waals surface area contributed by atoms with Crippen LogP contribution in [0.2, 0.25) is 0 Å². The molecule has 0 aromatic heterocycles. The van der Waals surface area contributed by atoms with E-state index in [0.29, 0.717) is 13.0 Å². The predicted molar refractivity (Wildman–Crippen MR) is 65.9 cm³/mol. The van der Waals surface area contributed by atoms with Crippen LogP contribution in [0.3, 0.4) is 0 Å². The van der Waals surface area contributed by atoms with Gasteiger partial charge in [0.05, 0.1) is 6.04 Å². The van der Waals surface area contributed by atoms with Gasteiger partial charge in [-0.3, -0.25) is 14.4 Å². The highest BCUT2D eigenvalue weighted by Gasteiger charge is 2.33. The minimum atomic E-state index is -0.595. The van der Waals surface area contributed by atoms with Gasteiger partial charge in [-0.15, -0.1) is 0 Å². The molecule has 1 amide bonds. The summed E-state index contributed by atoms with van der Waals surface area (Å²) in [5.74, 6) is -0.881. The molecule has 1 aliphatic rings. The van der Waals surface area contributed by atoms with Gasteiger partial charge in [-0.25, -0.2) is 0 Å². The molecular formula is C13H21NO4. The van der Waals surface area contributed by atoms with Crippen molar-refractivity contribution in [1.29, 1.82) is 0 Å². The summed E-state index contributed by atoms with van der Waals surface area (Å²) in [6, 6.07) is -0.361. The Morgan fingerprint density at radius 3 is 2.39 bits per heavy atom. The van der Waals surface area contributed by atoms with Crippen LogP contribution in [0.4, 0.5) is 0 Å². The van der Waals surface area contributed by atoms with Crippen molar-refractivity contribution in [1.82, 2.24) is 4.90 Å². The Morgan fingerprint density at radius 1 is 1.28 bits per heavy atom. The van der Waals surface area contributed by atoms with E-state index < -0.39 is 11.6 Å². The van der Waals surface area contributed by atoms with E-state index in [1.54, 1.807) is 20.8 Å². The molecule has 0 spiro atoms. The van der Waals surface area contributed by atoms with Crippen LogP contribution in [-0.2, 0) is 19.1 Å². The maximum absolute atomic E-state index is 11.9. The molecule has 0 saturated carbocycles. The number of carbonyl (C=O) groups is 3. The normalized spacial score (nSPS) is 19.8. The van der Waals surface area contributed by atoms with E-state index in [0.717, 1.165) is 6.42 Å². The van der Waals surface area contributed by atoms with E-state index in [1.165, 1.54) is 11.8 Å². The summed E-state index contributed by atoms with van der Waals surface area (Å²) in [7, 11) is 0. The van der Waals surface area contributed by atoms with Crippen molar-refractivity contribution in [3.63, 3.8) is 0 Å². The lowest BCUT2D eigenvalue weighted by Gasteiger charge is -2.24. The number of Topliss-reactive ketones (excluding diaryl/α,β-unsaturated/α-hetero) is 1. The number of ketones is 1.